The van der Waals surface area contributed by atoms with Gasteiger partial charge in [-0.05, 0) is 51.0 Å². The summed E-state index contributed by atoms with van der Waals surface area (Å²) in [6.45, 7) is 6.99. The second-order valence-electron chi connectivity index (χ2n) is 5.06. The zero-order chi connectivity index (χ0) is 12.3. The molecule has 0 aliphatic carbocycles. The SMILES string of the molecule is CC(C)N1CCC(Nc2ccc(Br)cc2)CC1. The van der Waals surface area contributed by atoms with Crippen LogP contribution >= 0.6 is 15.9 Å². The fraction of sp³-hybridized carbons (Fsp3) is 0.571. The summed E-state index contributed by atoms with van der Waals surface area (Å²) < 4.78 is 1.14. The van der Waals surface area contributed by atoms with Gasteiger partial charge in [0.05, 0.1) is 0 Å². The normalized spacial score (nSPS) is 18.6. The lowest BCUT2D eigenvalue weighted by molar-refractivity contribution is 0.177. The molecular formula is C14H21BrN2. The van der Waals surface area contributed by atoms with E-state index >= 15 is 0 Å². The van der Waals surface area contributed by atoms with E-state index in [1.165, 1.54) is 31.6 Å². The van der Waals surface area contributed by atoms with E-state index in [9.17, 15) is 0 Å². The van der Waals surface area contributed by atoms with Crippen molar-refractivity contribution in [1.82, 2.24) is 4.90 Å². The van der Waals surface area contributed by atoms with E-state index in [1.807, 2.05) is 0 Å². The Kier molecular flexibility index (Phi) is 4.46. The number of likely N-dealkylation sites (tertiary alicyclic amines) is 1. The lowest BCUT2D eigenvalue weighted by Crippen LogP contribution is -2.42. The summed E-state index contributed by atoms with van der Waals surface area (Å²) in [6, 6.07) is 9.77. The number of hydrogen-bond acceptors (Lipinski definition) is 2. The van der Waals surface area contributed by atoms with Gasteiger partial charge in [-0.25, -0.2) is 0 Å². The van der Waals surface area contributed by atoms with E-state index in [1.54, 1.807) is 0 Å². The Labute approximate surface area is 113 Å². The number of anilines is 1. The summed E-state index contributed by atoms with van der Waals surface area (Å²) in [5.74, 6) is 0. The number of nitrogens with one attached hydrogen (secondary N) is 1. The second-order valence-corrected chi connectivity index (χ2v) is 5.97. The highest BCUT2D eigenvalue weighted by molar-refractivity contribution is 9.10. The van der Waals surface area contributed by atoms with Crippen LogP contribution in [0, 0.1) is 0 Å². The summed E-state index contributed by atoms with van der Waals surface area (Å²) in [7, 11) is 0. The van der Waals surface area contributed by atoms with Crippen molar-refractivity contribution in [2.75, 3.05) is 18.4 Å². The zero-order valence-corrected chi connectivity index (χ0v) is 12.2. The van der Waals surface area contributed by atoms with Crippen molar-refractivity contribution in [3.63, 3.8) is 0 Å². The first kappa shape index (κ1) is 12.9. The maximum absolute atomic E-state index is 3.62. The zero-order valence-electron chi connectivity index (χ0n) is 10.6. The van der Waals surface area contributed by atoms with Gasteiger partial charge < -0.3 is 10.2 Å². The monoisotopic (exact) mass is 296 g/mol. The minimum atomic E-state index is 0.631. The van der Waals surface area contributed by atoms with E-state index in [2.05, 4.69) is 64.3 Å². The molecule has 1 N–H and O–H groups in total. The van der Waals surface area contributed by atoms with Gasteiger partial charge in [0.25, 0.3) is 0 Å². The molecule has 0 atom stereocenters. The van der Waals surface area contributed by atoms with E-state index in [-0.39, 0.29) is 0 Å². The van der Waals surface area contributed by atoms with Gasteiger partial charge in [-0.2, -0.15) is 0 Å². The summed E-state index contributed by atoms with van der Waals surface area (Å²) in [4.78, 5) is 2.56. The number of benzene rings is 1. The number of rotatable bonds is 3. The molecule has 17 heavy (non-hydrogen) atoms. The predicted molar refractivity (Wildman–Crippen MR) is 77.5 cm³/mol. The number of piperidine rings is 1. The molecular weight excluding hydrogens is 276 g/mol. The summed E-state index contributed by atoms with van der Waals surface area (Å²) >= 11 is 3.46. The van der Waals surface area contributed by atoms with E-state index in [4.69, 9.17) is 0 Å². The summed E-state index contributed by atoms with van der Waals surface area (Å²) in [6.07, 6.45) is 2.49. The molecule has 3 heteroatoms. The van der Waals surface area contributed by atoms with Gasteiger partial charge in [0, 0.05) is 35.3 Å². The fourth-order valence-electron chi connectivity index (χ4n) is 2.34. The van der Waals surface area contributed by atoms with Crippen LogP contribution in [0.2, 0.25) is 0 Å². The van der Waals surface area contributed by atoms with Crippen LogP contribution in [0.15, 0.2) is 28.7 Å². The van der Waals surface area contributed by atoms with Crippen molar-refractivity contribution in [1.29, 1.82) is 0 Å². The molecule has 0 bridgehead atoms. The van der Waals surface area contributed by atoms with Gasteiger partial charge in [-0.15, -0.1) is 0 Å². The van der Waals surface area contributed by atoms with Crippen LogP contribution in [-0.2, 0) is 0 Å². The van der Waals surface area contributed by atoms with Crippen molar-refractivity contribution >= 4 is 21.6 Å². The van der Waals surface area contributed by atoms with Crippen molar-refractivity contribution in [2.45, 2.75) is 38.8 Å². The Morgan fingerprint density at radius 2 is 1.76 bits per heavy atom. The second kappa shape index (κ2) is 5.87. The van der Waals surface area contributed by atoms with Crippen molar-refractivity contribution in [2.24, 2.45) is 0 Å². The highest BCUT2D eigenvalue weighted by atomic mass is 79.9. The first-order valence-electron chi connectivity index (χ1n) is 6.41. The van der Waals surface area contributed by atoms with Crippen LogP contribution in [0.3, 0.4) is 0 Å². The number of hydrogen-bond donors (Lipinski definition) is 1. The van der Waals surface area contributed by atoms with Gasteiger partial charge in [-0.1, -0.05) is 15.9 Å². The molecule has 0 spiro atoms. The Morgan fingerprint density at radius 1 is 1.18 bits per heavy atom. The van der Waals surface area contributed by atoms with Crippen LogP contribution in [0.1, 0.15) is 26.7 Å². The van der Waals surface area contributed by atoms with E-state index in [0.717, 1.165) is 4.47 Å². The van der Waals surface area contributed by atoms with Gasteiger partial charge in [0.1, 0.15) is 0 Å². The van der Waals surface area contributed by atoms with Crippen LogP contribution < -0.4 is 5.32 Å². The van der Waals surface area contributed by atoms with Crippen LogP contribution in [-0.4, -0.2) is 30.1 Å². The molecule has 94 valence electrons. The maximum Gasteiger partial charge on any atom is 0.0343 e. The molecule has 0 radical (unpaired) electrons. The largest absolute Gasteiger partial charge is 0.382 e. The maximum atomic E-state index is 3.62. The van der Waals surface area contributed by atoms with Crippen LogP contribution in [0.5, 0.6) is 0 Å². The molecule has 1 aromatic carbocycles. The third-order valence-electron chi connectivity index (χ3n) is 3.47. The van der Waals surface area contributed by atoms with Crippen LogP contribution in [0.25, 0.3) is 0 Å². The fourth-order valence-corrected chi connectivity index (χ4v) is 2.61. The predicted octanol–water partition coefficient (Wildman–Crippen LogP) is 3.73. The molecule has 2 nitrogen and oxygen atoms in total. The summed E-state index contributed by atoms with van der Waals surface area (Å²) in [5.41, 5.74) is 1.23. The number of halogens is 1. The Hall–Kier alpha value is -0.540. The van der Waals surface area contributed by atoms with Gasteiger partial charge >= 0.3 is 0 Å². The first-order chi connectivity index (χ1) is 8.15. The van der Waals surface area contributed by atoms with E-state index in [0.29, 0.717) is 12.1 Å². The average molecular weight is 297 g/mol. The van der Waals surface area contributed by atoms with Crippen molar-refractivity contribution < 1.29 is 0 Å². The Morgan fingerprint density at radius 3 is 2.29 bits per heavy atom. The molecule has 0 aromatic heterocycles. The van der Waals surface area contributed by atoms with Crippen molar-refractivity contribution in [3.05, 3.63) is 28.7 Å². The third-order valence-corrected chi connectivity index (χ3v) is 4.00. The van der Waals surface area contributed by atoms with Crippen LogP contribution in [0.4, 0.5) is 5.69 Å². The lowest BCUT2D eigenvalue weighted by Gasteiger charge is -2.35. The lowest BCUT2D eigenvalue weighted by atomic mass is 10.0. The van der Waals surface area contributed by atoms with E-state index < -0.39 is 0 Å². The highest BCUT2D eigenvalue weighted by Crippen LogP contribution is 2.19. The molecule has 0 saturated carbocycles. The molecule has 1 aliphatic heterocycles. The standard InChI is InChI=1S/C14H21BrN2/c1-11(2)17-9-7-14(8-10-17)16-13-5-3-12(15)4-6-13/h3-6,11,14,16H,7-10H2,1-2H3. The molecule has 1 aliphatic rings. The molecule has 1 saturated heterocycles. The highest BCUT2D eigenvalue weighted by Gasteiger charge is 2.20. The molecule has 1 aromatic rings. The number of nitrogens with zero attached hydrogens (tertiary/aromatic N) is 1. The van der Waals surface area contributed by atoms with Gasteiger partial charge in [-0.3, -0.25) is 0 Å². The van der Waals surface area contributed by atoms with Crippen molar-refractivity contribution in [3.8, 4) is 0 Å². The Bertz CT molecular complexity index is 340. The minimum Gasteiger partial charge on any atom is -0.382 e. The quantitative estimate of drug-likeness (QED) is 0.914. The smallest absolute Gasteiger partial charge is 0.0343 e. The molecule has 0 unspecified atom stereocenters. The van der Waals surface area contributed by atoms with Gasteiger partial charge in [0.2, 0.25) is 0 Å². The summed E-state index contributed by atoms with van der Waals surface area (Å²) in [5, 5.41) is 3.62. The molecule has 0 amide bonds. The molecule has 1 fully saturated rings. The van der Waals surface area contributed by atoms with Gasteiger partial charge in [0.15, 0.2) is 0 Å². The average Bonchev–Trinajstić information content (AvgIpc) is 2.33. The first-order valence-corrected chi connectivity index (χ1v) is 7.20. The molecule has 2 rings (SSSR count). The molecule has 1 heterocycles. The topological polar surface area (TPSA) is 15.3 Å². The minimum absolute atomic E-state index is 0.631. The third kappa shape index (κ3) is 3.71. The Balaban J connectivity index is 1.84.